The number of carbonyl (C=O) groups is 1. The first kappa shape index (κ1) is 17.9. The Morgan fingerprint density at radius 2 is 2.08 bits per heavy atom. The number of ether oxygens (including phenoxy) is 1. The van der Waals surface area contributed by atoms with E-state index in [-0.39, 0.29) is 36.1 Å². The average Bonchev–Trinajstić information content (AvgIpc) is 2.91. The number of nitriles is 1. The van der Waals surface area contributed by atoms with Gasteiger partial charge in [0, 0.05) is 32.8 Å². The number of hydrogen-bond acceptors (Lipinski definition) is 6. The highest BCUT2D eigenvalue weighted by Gasteiger charge is 2.47. The lowest BCUT2D eigenvalue weighted by molar-refractivity contribution is -0.141. The van der Waals surface area contributed by atoms with Gasteiger partial charge in [-0.3, -0.25) is 9.69 Å². The van der Waals surface area contributed by atoms with E-state index in [1.54, 1.807) is 11.0 Å². The fourth-order valence-electron chi connectivity index (χ4n) is 3.71. The van der Waals surface area contributed by atoms with Gasteiger partial charge in [0.15, 0.2) is 9.84 Å². The van der Waals surface area contributed by atoms with E-state index in [1.165, 1.54) is 7.11 Å². The molecule has 1 aromatic rings. The van der Waals surface area contributed by atoms with Crippen LogP contribution in [0.25, 0.3) is 0 Å². The first-order valence-electron chi connectivity index (χ1n) is 8.15. The van der Waals surface area contributed by atoms with Crippen molar-refractivity contribution in [3.8, 4) is 6.07 Å². The number of rotatable bonds is 4. The zero-order valence-corrected chi connectivity index (χ0v) is 14.9. The molecule has 2 heterocycles. The Bertz CT molecular complexity index is 802. The zero-order chi connectivity index (χ0) is 18.0. The summed E-state index contributed by atoms with van der Waals surface area (Å²) in [5, 5.41) is 9.03. The Labute approximate surface area is 147 Å². The normalized spacial score (nSPS) is 25.4. The standard InChI is InChI=1S/C17H21N3O4S/c1-24-10-17(21)20-6-5-19(15-11-25(22,23)12-16(15)20)9-14-4-2-3-13(7-14)8-18/h2-4,7,15-16H,5-6,9-12H2,1H3/t15-,16+/m0/s1. The number of sulfone groups is 1. The van der Waals surface area contributed by atoms with Crippen LogP contribution in [0.1, 0.15) is 11.1 Å². The van der Waals surface area contributed by atoms with Crippen LogP contribution in [0, 0.1) is 11.3 Å². The maximum atomic E-state index is 12.3. The number of carbonyl (C=O) groups excluding carboxylic acids is 1. The maximum absolute atomic E-state index is 12.3. The maximum Gasteiger partial charge on any atom is 0.248 e. The highest BCUT2D eigenvalue weighted by atomic mass is 32.2. The fourth-order valence-corrected chi connectivity index (χ4v) is 5.72. The molecule has 0 radical (unpaired) electrons. The second-order valence-electron chi connectivity index (χ2n) is 6.51. The molecule has 0 N–H and O–H groups in total. The molecule has 2 atom stereocenters. The van der Waals surface area contributed by atoms with Crippen LogP contribution >= 0.6 is 0 Å². The van der Waals surface area contributed by atoms with Crippen LogP contribution in [0.4, 0.5) is 0 Å². The Hall–Kier alpha value is -1.95. The first-order chi connectivity index (χ1) is 11.9. The van der Waals surface area contributed by atoms with Crippen molar-refractivity contribution in [3.63, 3.8) is 0 Å². The SMILES string of the molecule is COCC(=O)N1CCN(Cc2cccc(C#N)c2)[C@H]2CS(=O)(=O)C[C@H]21. The van der Waals surface area contributed by atoms with Crippen molar-refractivity contribution in [2.75, 3.05) is 38.3 Å². The molecule has 0 aromatic heterocycles. The topological polar surface area (TPSA) is 90.7 Å². The summed E-state index contributed by atoms with van der Waals surface area (Å²) in [6.45, 7) is 1.62. The quantitative estimate of drug-likeness (QED) is 0.749. The minimum atomic E-state index is -3.18. The van der Waals surface area contributed by atoms with Crippen molar-refractivity contribution in [1.29, 1.82) is 5.26 Å². The van der Waals surface area contributed by atoms with Gasteiger partial charge in [0.25, 0.3) is 0 Å². The highest BCUT2D eigenvalue weighted by molar-refractivity contribution is 7.91. The van der Waals surface area contributed by atoms with Crippen molar-refractivity contribution >= 4 is 15.7 Å². The van der Waals surface area contributed by atoms with Crippen LogP contribution in [-0.2, 0) is 25.9 Å². The van der Waals surface area contributed by atoms with Gasteiger partial charge in [0.05, 0.1) is 29.2 Å². The molecule has 0 bridgehead atoms. The van der Waals surface area contributed by atoms with Gasteiger partial charge in [0.2, 0.25) is 5.91 Å². The number of piperazine rings is 1. The fraction of sp³-hybridized carbons (Fsp3) is 0.529. The van der Waals surface area contributed by atoms with Gasteiger partial charge in [-0.15, -0.1) is 0 Å². The molecule has 134 valence electrons. The third-order valence-corrected chi connectivity index (χ3v) is 6.52. The molecular weight excluding hydrogens is 342 g/mol. The molecule has 2 aliphatic heterocycles. The summed E-state index contributed by atoms with van der Waals surface area (Å²) in [5.74, 6) is -0.102. The Kier molecular flexibility index (Phi) is 5.08. The minimum absolute atomic E-state index is 0.00184. The molecule has 25 heavy (non-hydrogen) atoms. The van der Waals surface area contributed by atoms with E-state index >= 15 is 0 Å². The summed E-state index contributed by atoms with van der Waals surface area (Å²) in [6.07, 6.45) is 0. The van der Waals surface area contributed by atoms with Crippen molar-refractivity contribution in [3.05, 3.63) is 35.4 Å². The molecule has 8 heteroatoms. The van der Waals surface area contributed by atoms with Crippen molar-refractivity contribution in [2.45, 2.75) is 18.6 Å². The number of amides is 1. The van der Waals surface area contributed by atoms with Gasteiger partial charge in [-0.25, -0.2) is 8.42 Å². The largest absolute Gasteiger partial charge is 0.375 e. The molecule has 3 rings (SSSR count). The van der Waals surface area contributed by atoms with Crippen LogP contribution in [0.5, 0.6) is 0 Å². The van der Waals surface area contributed by atoms with Crippen molar-refractivity contribution in [1.82, 2.24) is 9.80 Å². The number of methoxy groups -OCH3 is 1. The van der Waals surface area contributed by atoms with Gasteiger partial charge in [-0.1, -0.05) is 12.1 Å². The Morgan fingerprint density at radius 3 is 2.80 bits per heavy atom. The van der Waals surface area contributed by atoms with Crippen LogP contribution < -0.4 is 0 Å². The summed E-state index contributed by atoms with van der Waals surface area (Å²) >= 11 is 0. The second-order valence-corrected chi connectivity index (χ2v) is 8.67. The molecule has 2 aliphatic rings. The molecule has 7 nitrogen and oxygen atoms in total. The van der Waals surface area contributed by atoms with Crippen LogP contribution in [0.15, 0.2) is 24.3 Å². The Balaban J connectivity index is 1.81. The number of nitrogens with zero attached hydrogens (tertiary/aromatic N) is 3. The molecule has 2 saturated heterocycles. The third kappa shape index (κ3) is 3.84. The van der Waals surface area contributed by atoms with Gasteiger partial charge in [-0.2, -0.15) is 5.26 Å². The summed E-state index contributed by atoms with van der Waals surface area (Å²) in [7, 11) is -1.72. The lowest BCUT2D eigenvalue weighted by Crippen LogP contribution is -2.60. The smallest absolute Gasteiger partial charge is 0.248 e. The molecule has 0 aliphatic carbocycles. The number of benzene rings is 1. The minimum Gasteiger partial charge on any atom is -0.375 e. The van der Waals surface area contributed by atoms with Gasteiger partial charge >= 0.3 is 0 Å². The molecule has 2 fully saturated rings. The summed E-state index contributed by atoms with van der Waals surface area (Å²) in [6, 6.07) is 8.89. The van der Waals surface area contributed by atoms with Crippen molar-refractivity contribution in [2.24, 2.45) is 0 Å². The zero-order valence-electron chi connectivity index (χ0n) is 14.1. The van der Waals surface area contributed by atoms with E-state index in [2.05, 4.69) is 11.0 Å². The van der Waals surface area contributed by atoms with Gasteiger partial charge in [0.1, 0.15) is 6.61 Å². The lowest BCUT2D eigenvalue weighted by atomic mass is 10.0. The lowest BCUT2D eigenvalue weighted by Gasteiger charge is -2.43. The molecule has 0 unspecified atom stereocenters. The average molecular weight is 363 g/mol. The van der Waals surface area contributed by atoms with Gasteiger partial charge in [-0.05, 0) is 17.7 Å². The third-order valence-electron chi connectivity index (χ3n) is 4.82. The highest BCUT2D eigenvalue weighted by Crippen LogP contribution is 2.28. The predicted octanol–water partition coefficient (Wildman–Crippen LogP) is 0.0145. The first-order valence-corrected chi connectivity index (χ1v) is 9.97. The van der Waals surface area contributed by atoms with E-state index in [0.717, 1.165) is 5.56 Å². The predicted molar refractivity (Wildman–Crippen MR) is 91.4 cm³/mol. The van der Waals surface area contributed by atoms with E-state index < -0.39 is 9.84 Å². The summed E-state index contributed by atoms with van der Waals surface area (Å²) in [5.41, 5.74) is 1.56. The van der Waals surface area contributed by atoms with Gasteiger partial charge < -0.3 is 9.64 Å². The van der Waals surface area contributed by atoms with Crippen LogP contribution in [-0.4, -0.2) is 74.5 Å². The van der Waals surface area contributed by atoms with E-state index in [9.17, 15) is 13.2 Å². The summed E-state index contributed by atoms with van der Waals surface area (Å²) in [4.78, 5) is 16.0. The molecule has 1 aromatic carbocycles. The monoisotopic (exact) mass is 363 g/mol. The molecule has 0 spiro atoms. The number of fused-ring (bicyclic) bond motifs is 1. The molecule has 0 saturated carbocycles. The van der Waals surface area contributed by atoms with Crippen molar-refractivity contribution < 1.29 is 17.9 Å². The number of hydrogen-bond donors (Lipinski definition) is 0. The van der Waals surface area contributed by atoms with Crippen LogP contribution in [0.2, 0.25) is 0 Å². The van der Waals surface area contributed by atoms with E-state index in [1.807, 2.05) is 18.2 Å². The molecule has 1 amide bonds. The molecular formula is C17H21N3O4S. The Morgan fingerprint density at radius 1 is 1.32 bits per heavy atom. The second kappa shape index (κ2) is 7.12. The summed E-state index contributed by atoms with van der Waals surface area (Å²) < 4.78 is 29.3. The van der Waals surface area contributed by atoms with E-state index in [0.29, 0.717) is 25.2 Å². The van der Waals surface area contributed by atoms with Crippen LogP contribution in [0.3, 0.4) is 0 Å². The van der Waals surface area contributed by atoms with E-state index in [4.69, 9.17) is 10.00 Å².